The molecule has 2 aliphatic rings. The summed E-state index contributed by atoms with van der Waals surface area (Å²) < 4.78 is 25.9. The average molecular weight is 504 g/mol. The summed E-state index contributed by atoms with van der Waals surface area (Å²) >= 11 is 0. The fourth-order valence-electron chi connectivity index (χ4n) is 2.66. The van der Waals surface area contributed by atoms with Crippen LogP contribution in [0.25, 0.3) is 0 Å². The molecule has 15 nitrogen and oxygen atoms in total. The molecular weight excluding hydrogens is 476 g/mol. The maximum Gasteiger partial charge on any atom is 0.358 e. The van der Waals surface area contributed by atoms with Crippen molar-refractivity contribution >= 4 is 35.6 Å². The zero-order valence-electron chi connectivity index (χ0n) is 19.1. The topological polar surface area (TPSA) is 174 Å². The molecule has 0 aromatic rings. The second kappa shape index (κ2) is 15.8. The summed E-state index contributed by atoms with van der Waals surface area (Å²) in [5, 5.41) is 0.910. The zero-order valence-corrected chi connectivity index (χ0v) is 19.1. The van der Waals surface area contributed by atoms with Crippen molar-refractivity contribution in [1.29, 1.82) is 0 Å². The molecule has 15 heteroatoms. The van der Waals surface area contributed by atoms with Crippen molar-refractivity contribution in [2.75, 3.05) is 66.1 Å². The number of hydrogen-bond acceptors (Lipinski definition) is 13. The van der Waals surface area contributed by atoms with Crippen molar-refractivity contribution in [3.8, 4) is 0 Å². The highest BCUT2D eigenvalue weighted by atomic mass is 16.7. The third kappa shape index (κ3) is 10.9. The van der Waals surface area contributed by atoms with Crippen molar-refractivity contribution in [3.63, 3.8) is 0 Å². The minimum Gasteiger partial charge on any atom is -0.377 e. The summed E-state index contributed by atoms with van der Waals surface area (Å²) in [5.41, 5.74) is 0. The molecule has 0 unspecified atom stereocenters. The number of hydroxylamine groups is 4. The first-order valence-electron chi connectivity index (χ1n) is 10.9. The highest BCUT2D eigenvalue weighted by Crippen LogP contribution is 2.12. The van der Waals surface area contributed by atoms with Gasteiger partial charge in [0.25, 0.3) is 23.6 Å². The Morgan fingerprint density at radius 2 is 0.743 bits per heavy atom. The standard InChI is InChI=1S/C20H28N2O13/c23-15-1-2-16(24)21(15)34-19(27)13-32-11-9-30-7-5-29-6-8-31-10-12-33-14-20(28)35-22-17(25)3-4-18(22)26/h1-14H2. The van der Waals surface area contributed by atoms with Crippen LogP contribution in [0.4, 0.5) is 0 Å². The second-order valence-corrected chi connectivity index (χ2v) is 7.03. The van der Waals surface area contributed by atoms with E-state index in [9.17, 15) is 28.8 Å². The van der Waals surface area contributed by atoms with Crippen LogP contribution in [0.2, 0.25) is 0 Å². The van der Waals surface area contributed by atoms with E-state index in [1.165, 1.54) is 0 Å². The third-order valence-electron chi connectivity index (χ3n) is 4.33. The minimum absolute atomic E-state index is 0.0240. The molecule has 2 fully saturated rings. The summed E-state index contributed by atoms with van der Waals surface area (Å²) in [7, 11) is 0. The van der Waals surface area contributed by atoms with E-state index in [-0.39, 0.29) is 65.3 Å². The smallest absolute Gasteiger partial charge is 0.358 e. The molecule has 0 aromatic carbocycles. The van der Waals surface area contributed by atoms with Gasteiger partial charge >= 0.3 is 11.9 Å². The van der Waals surface area contributed by atoms with E-state index in [2.05, 4.69) is 9.68 Å². The fourth-order valence-corrected chi connectivity index (χ4v) is 2.66. The molecule has 0 saturated carbocycles. The molecule has 0 radical (unpaired) electrons. The molecule has 35 heavy (non-hydrogen) atoms. The van der Waals surface area contributed by atoms with E-state index >= 15 is 0 Å². The lowest BCUT2D eigenvalue weighted by Gasteiger charge is -2.12. The van der Waals surface area contributed by atoms with Gasteiger partial charge in [0.05, 0.1) is 52.9 Å². The molecular formula is C20H28N2O13. The summed E-state index contributed by atoms with van der Waals surface area (Å²) in [6, 6.07) is 0. The van der Waals surface area contributed by atoms with Gasteiger partial charge in [0.15, 0.2) is 0 Å². The average Bonchev–Trinajstić information content (AvgIpc) is 3.31. The SMILES string of the molecule is O=C(COCCOCCOCCOCCOCC(=O)ON1C(=O)CCC1=O)ON1C(=O)CCC1=O. The van der Waals surface area contributed by atoms with Crippen LogP contribution in [0.1, 0.15) is 25.7 Å². The largest absolute Gasteiger partial charge is 0.377 e. The van der Waals surface area contributed by atoms with Crippen LogP contribution in [0, 0.1) is 0 Å². The van der Waals surface area contributed by atoms with E-state index in [0.717, 1.165) is 0 Å². The lowest BCUT2D eigenvalue weighted by Crippen LogP contribution is -2.33. The molecule has 196 valence electrons. The number of rotatable bonds is 18. The number of amides is 4. The van der Waals surface area contributed by atoms with Gasteiger partial charge in [-0.25, -0.2) is 9.59 Å². The maximum absolute atomic E-state index is 11.5. The molecule has 0 atom stereocenters. The van der Waals surface area contributed by atoms with Crippen LogP contribution < -0.4 is 0 Å². The van der Waals surface area contributed by atoms with Gasteiger partial charge in [0, 0.05) is 25.7 Å². The van der Waals surface area contributed by atoms with Gasteiger partial charge in [0.1, 0.15) is 13.2 Å². The van der Waals surface area contributed by atoms with Crippen LogP contribution in [0.5, 0.6) is 0 Å². The predicted octanol–water partition coefficient (Wildman–Crippen LogP) is -1.72. The first kappa shape index (κ1) is 28.3. The lowest BCUT2D eigenvalue weighted by molar-refractivity contribution is -0.200. The third-order valence-corrected chi connectivity index (χ3v) is 4.33. The van der Waals surface area contributed by atoms with Gasteiger partial charge in [-0.3, -0.25) is 19.2 Å². The Balaban J connectivity index is 1.30. The van der Waals surface area contributed by atoms with Gasteiger partial charge in [-0.15, -0.1) is 10.1 Å². The number of imide groups is 2. The number of nitrogens with zero attached hydrogens (tertiary/aromatic N) is 2. The summed E-state index contributed by atoms with van der Waals surface area (Å²) in [5.74, 6) is -3.92. The summed E-state index contributed by atoms with van der Waals surface area (Å²) in [6.07, 6.45) is 0.0958. The maximum atomic E-state index is 11.5. The van der Waals surface area contributed by atoms with E-state index in [1.54, 1.807) is 0 Å². The van der Waals surface area contributed by atoms with Crippen LogP contribution in [-0.2, 0) is 62.1 Å². The number of carbonyl (C=O) groups excluding carboxylic acids is 6. The highest BCUT2D eigenvalue weighted by Gasteiger charge is 2.33. The van der Waals surface area contributed by atoms with Crippen molar-refractivity contribution in [3.05, 3.63) is 0 Å². The zero-order chi connectivity index (χ0) is 25.5. The van der Waals surface area contributed by atoms with Gasteiger partial charge in [-0.1, -0.05) is 0 Å². The molecule has 0 aliphatic carbocycles. The Kier molecular flexibility index (Phi) is 12.8. The van der Waals surface area contributed by atoms with Crippen LogP contribution in [0.3, 0.4) is 0 Å². The number of ether oxygens (including phenoxy) is 5. The number of carbonyl (C=O) groups is 6. The van der Waals surface area contributed by atoms with Crippen molar-refractivity contribution < 1.29 is 62.1 Å². The normalized spacial score (nSPS) is 15.9. The quantitative estimate of drug-likeness (QED) is 0.152. The van der Waals surface area contributed by atoms with Crippen molar-refractivity contribution in [1.82, 2.24) is 10.1 Å². The Bertz CT molecular complexity index is 678. The molecule has 2 heterocycles. The van der Waals surface area contributed by atoms with Gasteiger partial charge in [-0.2, -0.15) is 0 Å². The van der Waals surface area contributed by atoms with Crippen LogP contribution in [0.15, 0.2) is 0 Å². The Morgan fingerprint density at radius 3 is 1.03 bits per heavy atom. The van der Waals surface area contributed by atoms with Crippen molar-refractivity contribution in [2.45, 2.75) is 25.7 Å². The molecule has 0 aromatic heterocycles. The fraction of sp³-hybridized carbons (Fsp3) is 0.700. The van der Waals surface area contributed by atoms with E-state index in [0.29, 0.717) is 23.3 Å². The monoisotopic (exact) mass is 504 g/mol. The van der Waals surface area contributed by atoms with E-state index in [1.807, 2.05) is 0 Å². The minimum atomic E-state index is -0.850. The Morgan fingerprint density at radius 1 is 0.486 bits per heavy atom. The van der Waals surface area contributed by atoms with Crippen molar-refractivity contribution in [2.24, 2.45) is 0 Å². The lowest BCUT2D eigenvalue weighted by atomic mass is 10.4. The summed E-state index contributed by atoms with van der Waals surface area (Å²) in [6.45, 7) is 0.977. The molecule has 2 rings (SSSR count). The first-order chi connectivity index (χ1) is 16.9. The Labute approximate surface area is 200 Å². The molecule has 0 bridgehead atoms. The van der Waals surface area contributed by atoms with Crippen LogP contribution >= 0.6 is 0 Å². The highest BCUT2D eigenvalue weighted by molar-refractivity contribution is 6.02. The molecule has 2 aliphatic heterocycles. The van der Waals surface area contributed by atoms with Gasteiger partial charge in [-0.05, 0) is 0 Å². The second-order valence-electron chi connectivity index (χ2n) is 7.03. The first-order valence-corrected chi connectivity index (χ1v) is 10.9. The molecule has 0 spiro atoms. The van der Waals surface area contributed by atoms with Gasteiger partial charge in [0.2, 0.25) is 0 Å². The molecule has 2 saturated heterocycles. The van der Waals surface area contributed by atoms with Gasteiger partial charge < -0.3 is 33.4 Å². The van der Waals surface area contributed by atoms with E-state index < -0.39 is 48.8 Å². The Hall–Kier alpha value is -2.98. The molecule has 0 N–H and O–H groups in total. The van der Waals surface area contributed by atoms with E-state index in [4.69, 9.17) is 23.7 Å². The van der Waals surface area contributed by atoms with Crippen LogP contribution in [-0.4, -0.2) is 112 Å². The predicted molar refractivity (Wildman–Crippen MR) is 108 cm³/mol. The molecule has 4 amide bonds. The number of hydrogen-bond donors (Lipinski definition) is 0. The summed E-state index contributed by atoms with van der Waals surface area (Å²) in [4.78, 5) is 77.6.